The molecule has 0 amide bonds. The normalized spacial score (nSPS) is 22.3. The Kier molecular flexibility index (Phi) is 3.17. The van der Waals surface area contributed by atoms with Crippen molar-refractivity contribution in [2.45, 2.75) is 25.6 Å². The second kappa shape index (κ2) is 4.97. The highest BCUT2D eigenvalue weighted by Gasteiger charge is 2.42. The Bertz CT molecular complexity index is 606. The number of carbonyl (C=O) groups is 1. The average molecular weight is 257 g/mol. The molecule has 4 heteroatoms. The zero-order valence-electron chi connectivity index (χ0n) is 10.7. The molecule has 4 nitrogen and oxygen atoms in total. The highest BCUT2D eigenvalue weighted by molar-refractivity contribution is 5.91. The summed E-state index contributed by atoms with van der Waals surface area (Å²) < 4.78 is 11.3. The Morgan fingerprint density at radius 1 is 1.32 bits per heavy atom. The number of rotatable bonds is 4. The first kappa shape index (κ1) is 12.1. The van der Waals surface area contributed by atoms with Gasteiger partial charge in [-0.1, -0.05) is 6.07 Å². The number of Topliss-reactive ketones (excluding diaryl/α,β-unsaturated/α-hetero) is 1. The van der Waals surface area contributed by atoms with Crippen molar-refractivity contribution in [2.24, 2.45) is 0 Å². The van der Waals surface area contributed by atoms with Crippen LogP contribution in [0.1, 0.15) is 13.3 Å². The van der Waals surface area contributed by atoms with Gasteiger partial charge in [-0.3, -0.25) is 9.78 Å². The lowest BCUT2D eigenvalue weighted by Crippen LogP contribution is -2.52. The number of hydrogen-bond donors (Lipinski definition) is 0. The minimum absolute atomic E-state index is 0.116. The summed E-state index contributed by atoms with van der Waals surface area (Å²) in [7, 11) is 0. The van der Waals surface area contributed by atoms with E-state index in [2.05, 4.69) is 4.98 Å². The van der Waals surface area contributed by atoms with Gasteiger partial charge in [0.2, 0.25) is 0 Å². The first-order valence-electron chi connectivity index (χ1n) is 6.44. The molecule has 1 aromatic carbocycles. The summed E-state index contributed by atoms with van der Waals surface area (Å²) in [4.78, 5) is 15.8. The summed E-state index contributed by atoms with van der Waals surface area (Å²) >= 11 is 0. The number of pyridine rings is 1. The second-order valence-electron chi connectivity index (χ2n) is 4.53. The third-order valence-corrected chi connectivity index (χ3v) is 3.29. The van der Waals surface area contributed by atoms with Crippen LogP contribution in [0.25, 0.3) is 10.9 Å². The van der Waals surface area contributed by atoms with Crippen molar-refractivity contribution in [3.63, 3.8) is 0 Å². The molecule has 1 heterocycles. The van der Waals surface area contributed by atoms with Crippen molar-refractivity contribution in [1.29, 1.82) is 0 Å². The molecule has 0 N–H and O–H groups in total. The van der Waals surface area contributed by atoms with Gasteiger partial charge >= 0.3 is 0 Å². The fourth-order valence-corrected chi connectivity index (χ4v) is 2.29. The van der Waals surface area contributed by atoms with Crippen LogP contribution in [0.15, 0.2) is 36.5 Å². The van der Waals surface area contributed by atoms with Crippen molar-refractivity contribution in [3.05, 3.63) is 36.5 Å². The van der Waals surface area contributed by atoms with Crippen LogP contribution in [0.4, 0.5) is 0 Å². The highest BCUT2D eigenvalue weighted by atomic mass is 16.5. The van der Waals surface area contributed by atoms with Gasteiger partial charge in [0, 0.05) is 24.6 Å². The van der Waals surface area contributed by atoms with E-state index in [1.807, 2.05) is 37.3 Å². The summed E-state index contributed by atoms with van der Waals surface area (Å²) in [6.07, 6.45) is 1.57. The van der Waals surface area contributed by atoms with Gasteiger partial charge in [-0.05, 0) is 31.2 Å². The summed E-state index contributed by atoms with van der Waals surface area (Å²) in [6.45, 7) is 2.40. The Morgan fingerprint density at radius 2 is 2.21 bits per heavy atom. The summed E-state index contributed by atoms with van der Waals surface area (Å²) in [6, 6.07) is 9.58. The average Bonchev–Trinajstić information content (AvgIpc) is 2.45. The van der Waals surface area contributed by atoms with Crippen molar-refractivity contribution >= 4 is 16.7 Å². The molecule has 3 rings (SSSR count). The molecule has 2 atom stereocenters. The number of fused-ring (bicyclic) bond motifs is 1. The van der Waals surface area contributed by atoms with Crippen LogP contribution in [-0.2, 0) is 9.53 Å². The van der Waals surface area contributed by atoms with E-state index in [9.17, 15) is 4.79 Å². The SMILES string of the molecule is CCOC1C(=O)CC1Oc1cccc2ncccc12. The molecule has 0 saturated heterocycles. The molecule has 1 aromatic heterocycles. The van der Waals surface area contributed by atoms with Gasteiger partial charge in [-0.2, -0.15) is 0 Å². The molecule has 1 aliphatic carbocycles. The van der Waals surface area contributed by atoms with Gasteiger partial charge in [0.25, 0.3) is 0 Å². The molecule has 0 bridgehead atoms. The zero-order valence-corrected chi connectivity index (χ0v) is 10.7. The molecule has 2 aromatic rings. The Balaban J connectivity index is 1.84. The fraction of sp³-hybridized carbons (Fsp3) is 0.333. The number of ketones is 1. The third-order valence-electron chi connectivity index (χ3n) is 3.29. The minimum Gasteiger partial charge on any atom is -0.486 e. The molecular weight excluding hydrogens is 242 g/mol. The standard InChI is InChI=1S/C15H15NO3/c1-2-18-15-12(17)9-14(15)19-13-7-3-6-11-10(13)5-4-8-16-11/h3-8,14-15H,2,9H2,1H3. The molecular formula is C15H15NO3. The number of ether oxygens (including phenoxy) is 2. The Hall–Kier alpha value is -1.94. The van der Waals surface area contributed by atoms with E-state index in [0.29, 0.717) is 13.0 Å². The van der Waals surface area contributed by atoms with Crippen LogP contribution in [-0.4, -0.2) is 29.6 Å². The number of aromatic nitrogens is 1. The van der Waals surface area contributed by atoms with Crippen LogP contribution in [0.3, 0.4) is 0 Å². The highest BCUT2D eigenvalue weighted by Crippen LogP contribution is 2.30. The molecule has 98 valence electrons. The number of benzene rings is 1. The second-order valence-corrected chi connectivity index (χ2v) is 4.53. The summed E-state index contributed by atoms with van der Waals surface area (Å²) in [5.41, 5.74) is 0.888. The van der Waals surface area contributed by atoms with Crippen molar-refractivity contribution < 1.29 is 14.3 Å². The zero-order chi connectivity index (χ0) is 13.2. The molecule has 1 fully saturated rings. The Labute approximate surface area is 111 Å². The molecule has 0 spiro atoms. The number of hydrogen-bond acceptors (Lipinski definition) is 4. The molecule has 1 aliphatic rings. The van der Waals surface area contributed by atoms with Gasteiger partial charge in [0.05, 0.1) is 5.52 Å². The van der Waals surface area contributed by atoms with E-state index in [1.165, 1.54) is 0 Å². The largest absolute Gasteiger partial charge is 0.486 e. The lowest BCUT2D eigenvalue weighted by atomic mass is 9.90. The molecule has 2 unspecified atom stereocenters. The topological polar surface area (TPSA) is 48.4 Å². The van der Waals surface area contributed by atoms with E-state index in [1.54, 1.807) is 6.20 Å². The van der Waals surface area contributed by atoms with Crippen LogP contribution >= 0.6 is 0 Å². The van der Waals surface area contributed by atoms with E-state index in [4.69, 9.17) is 9.47 Å². The lowest BCUT2D eigenvalue weighted by Gasteiger charge is -2.34. The number of nitrogens with zero attached hydrogens (tertiary/aromatic N) is 1. The third kappa shape index (κ3) is 2.19. The van der Waals surface area contributed by atoms with Gasteiger partial charge in [-0.15, -0.1) is 0 Å². The van der Waals surface area contributed by atoms with Gasteiger partial charge in [-0.25, -0.2) is 0 Å². The van der Waals surface area contributed by atoms with Crippen LogP contribution < -0.4 is 4.74 Å². The molecule has 0 aliphatic heterocycles. The lowest BCUT2D eigenvalue weighted by molar-refractivity contribution is -0.154. The maximum Gasteiger partial charge on any atom is 0.169 e. The van der Waals surface area contributed by atoms with Crippen LogP contribution in [0.2, 0.25) is 0 Å². The number of carbonyl (C=O) groups excluding carboxylic acids is 1. The Morgan fingerprint density at radius 3 is 3.00 bits per heavy atom. The maximum atomic E-state index is 11.5. The predicted molar refractivity (Wildman–Crippen MR) is 71.2 cm³/mol. The fourth-order valence-electron chi connectivity index (χ4n) is 2.29. The van der Waals surface area contributed by atoms with E-state index in [-0.39, 0.29) is 11.9 Å². The van der Waals surface area contributed by atoms with E-state index in [0.717, 1.165) is 16.7 Å². The summed E-state index contributed by atoms with van der Waals surface area (Å²) in [5.74, 6) is 0.873. The van der Waals surface area contributed by atoms with Crippen molar-refractivity contribution in [2.75, 3.05) is 6.61 Å². The predicted octanol–water partition coefficient (Wildman–Crippen LogP) is 2.36. The van der Waals surface area contributed by atoms with E-state index < -0.39 is 6.10 Å². The maximum absolute atomic E-state index is 11.5. The molecule has 1 saturated carbocycles. The van der Waals surface area contributed by atoms with Crippen molar-refractivity contribution in [3.8, 4) is 5.75 Å². The summed E-state index contributed by atoms with van der Waals surface area (Å²) in [5, 5.41) is 0.958. The van der Waals surface area contributed by atoms with Crippen LogP contribution in [0.5, 0.6) is 5.75 Å². The van der Waals surface area contributed by atoms with Gasteiger partial charge < -0.3 is 9.47 Å². The first-order chi connectivity index (χ1) is 9.29. The van der Waals surface area contributed by atoms with E-state index >= 15 is 0 Å². The monoisotopic (exact) mass is 257 g/mol. The quantitative estimate of drug-likeness (QED) is 0.843. The molecule has 19 heavy (non-hydrogen) atoms. The first-order valence-corrected chi connectivity index (χ1v) is 6.44. The minimum atomic E-state index is -0.420. The van der Waals surface area contributed by atoms with Crippen LogP contribution in [0, 0.1) is 0 Å². The van der Waals surface area contributed by atoms with Gasteiger partial charge in [0.15, 0.2) is 11.9 Å². The van der Waals surface area contributed by atoms with Gasteiger partial charge in [0.1, 0.15) is 11.9 Å². The smallest absolute Gasteiger partial charge is 0.169 e. The molecule has 0 radical (unpaired) electrons. The van der Waals surface area contributed by atoms with Crippen molar-refractivity contribution in [1.82, 2.24) is 4.98 Å².